The van der Waals surface area contributed by atoms with Crippen LogP contribution in [0.15, 0.2) is 91.0 Å². The minimum atomic E-state index is -1.02. The van der Waals surface area contributed by atoms with Gasteiger partial charge in [0.1, 0.15) is 6.61 Å². The van der Waals surface area contributed by atoms with Gasteiger partial charge in [-0.15, -0.1) is 0 Å². The second kappa shape index (κ2) is 14.3. The van der Waals surface area contributed by atoms with Crippen LogP contribution < -0.4 is 0 Å². The van der Waals surface area contributed by atoms with Gasteiger partial charge in [0.05, 0.1) is 51.7 Å². The molecule has 0 aliphatic heterocycles. The standard InChI is InChI=1S/C28H32O6/c29-27(30)19-34-23-28(20-31-16-24-10-4-1-5-11-24,21-32-17-25-12-6-2-7-13-25)22-33-18-26-14-8-3-9-15-26/h1-15H,16-23H2,(H,29,30). The smallest absolute Gasteiger partial charge is 0.329 e. The summed E-state index contributed by atoms with van der Waals surface area (Å²) >= 11 is 0. The molecule has 3 rings (SSSR count). The Kier molecular flexibility index (Phi) is 10.7. The van der Waals surface area contributed by atoms with E-state index >= 15 is 0 Å². The molecule has 34 heavy (non-hydrogen) atoms. The average molecular weight is 465 g/mol. The molecule has 6 nitrogen and oxygen atoms in total. The molecule has 3 aromatic rings. The molecule has 0 aliphatic rings. The second-order valence-corrected chi connectivity index (χ2v) is 8.32. The topological polar surface area (TPSA) is 74.2 Å². The van der Waals surface area contributed by atoms with Crippen molar-refractivity contribution < 1.29 is 28.8 Å². The van der Waals surface area contributed by atoms with Gasteiger partial charge in [-0.1, -0.05) is 91.0 Å². The highest BCUT2D eigenvalue weighted by molar-refractivity contribution is 5.67. The number of ether oxygens (including phenoxy) is 4. The SMILES string of the molecule is O=C(O)COCC(COCc1ccccc1)(COCc1ccccc1)COCc1ccccc1. The van der Waals surface area contributed by atoms with Gasteiger partial charge in [-0.2, -0.15) is 0 Å². The van der Waals surface area contributed by atoms with E-state index in [1.807, 2.05) is 91.0 Å². The predicted molar refractivity (Wildman–Crippen MR) is 129 cm³/mol. The third-order valence-electron chi connectivity index (χ3n) is 5.19. The molecule has 0 atom stereocenters. The summed E-state index contributed by atoms with van der Waals surface area (Å²) < 4.78 is 23.7. The highest BCUT2D eigenvalue weighted by Crippen LogP contribution is 2.23. The minimum absolute atomic E-state index is 0.137. The van der Waals surface area contributed by atoms with Crippen LogP contribution in [0.4, 0.5) is 0 Å². The molecule has 0 amide bonds. The molecule has 0 fully saturated rings. The van der Waals surface area contributed by atoms with Gasteiger partial charge in [0.25, 0.3) is 0 Å². The highest BCUT2D eigenvalue weighted by Gasteiger charge is 2.33. The van der Waals surface area contributed by atoms with Crippen LogP contribution in [0.25, 0.3) is 0 Å². The minimum Gasteiger partial charge on any atom is -0.480 e. The van der Waals surface area contributed by atoms with Crippen LogP contribution in [0.5, 0.6) is 0 Å². The number of carboxylic acid groups (broad SMARTS) is 1. The normalized spacial score (nSPS) is 11.4. The highest BCUT2D eigenvalue weighted by atomic mass is 16.5. The first-order valence-corrected chi connectivity index (χ1v) is 11.3. The van der Waals surface area contributed by atoms with Crippen molar-refractivity contribution in [1.82, 2.24) is 0 Å². The van der Waals surface area contributed by atoms with E-state index in [4.69, 9.17) is 24.1 Å². The fourth-order valence-electron chi connectivity index (χ4n) is 3.48. The molecular weight excluding hydrogens is 432 g/mol. The Morgan fingerprint density at radius 1 is 0.559 bits per heavy atom. The molecule has 3 aromatic carbocycles. The summed E-state index contributed by atoms with van der Waals surface area (Å²) in [5.41, 5.74) is 2.49. The quantitative estimate of drug-likeness (QED) is 0.331. The Labute approximate surface area is 201 Å². The van der Waals surface area contributed by atoms with E-state index in [0.29, 0.717) is 39.6 Å². The van der Waals surface area contributed by atoms with Crippen molar-refractivity contribution in [3.8, 4) is 0 Å². The number of hydrogen-bond acceptors (Lipinski definition) is 5. The maximum atomic E-state index is 11.1. The lowest BCUT2D eigenvalue weighted by molar-refractivity contribution is -0.149. The van der Waals surface area contributed by atoms with Crippen LogP contribution in [0.1, 0.15) is 16.7 Å². The molecule has 0 spiro atoms. The van der Waals surface area contributed by atoms with Gasteiger partial charge in [-0.25, -0.2) is 4.79 Å². The lowest BCUT2D eigenvalue weighted by atomic mass is 9.92. The predicted octanol–water partition coefficient (Wildman–Crippen LogP) is 4.72. The fourth-order valence-corrected chi connectivity index (χ4v) is 3.48. The molecule has 0 unspecified atom stereocenters. The zero-order valence-corrected chi connectivity index (χ0v) is 19.3. The number of rotatable bonds is 16. The Morgan fingerprint density at radius 3 is 1.21 bits per heavy atom. The van der Waals surface area contributed by atoms with Crippen molar-refractivity contribution in [3.05, 3.63) is 108 Å². The molecule has 0 radical (unpaired) electrons. The van der Waals surface area contributed by atoms with Gasteiger partial charge in [0.2, 0.25) is 0 Å². The van der Waals surface area contributed by atoms with Crippen molar-refractivity contribution in [2.24, 2.45) is 5.41 Å². The Balaban J connectivity index is 1.67. The van der Waals surface area contributed by atoms with E-state index < -0.39 is 18.0 Å². The van der Waals surface area contributed by atoms with E-state index in [2.05, 4.69) is 0 Å². The molecule has 0 saturated heterocycles. The maximum Gasteiger partial charge on any atom is 0.329 e. The van der Waals surface area contributed by atoms with E-state index in [9.17, 15) is 4.79 Å². The molecule has 0 bridgehead atoms. The Hall–Kier alpha value is -3.03. The van der Waals surface area contributed by atoms with Gasteiger partial charge >= 0.3 is 5.97 Å². The molecule has 0 aliphatic carbocycles. The van der Waals surface area contributed by atoms with Crippen LogP contribution in [-0.4, -0.2) is 44.1 Å². The zero-order chi connectivity index (χ0) is 23.9. The number of aliphatic carboxylic acids is 1. The summed E-state index contributed by atoms with van der Waals surface area (Å²) in [5.74, 6) is -1.02. The van der Waals surface area contributed by atoms with Crippen molar-refractivity contribution in [1.29, 1.82) is 0 Å². The first-order chi connectivity index (χ1) is 16.7. The molecule has 6 heteroatoms. The van der Waals surface area contributed by atoms with Gasteiger partial charge in [0.15, 0.2) is 0 Å². The number of hydrogen-bond donors (Lipinski definition) is 1. The van der Waals surface area contributed by atoms with E-state index in [-0.39, 0.29) is 6.61 Å². The van der Waals surface area contributed by atoms with Gasteiger partial charge in [-0.3, -0.25) is 0 Å². The molecule has 180 valence electrons. The molecule has 1 N–H and O–H groups in total. The van der Waals surface area contributed by atoms with Crippen LogP contribution in [0.2, 0.25) is 0 Å². The molecule has 0 aromatic heterocycles. The van der Waals surface area contributed by atoms with Crippen molar-refractivity contribution in [2.75, 3.05) is 33.0 Å². The first-order valence-electron chi connectivity index (χ1n) is 11.3. The van der Waals surface area contributed by atoms with Crippen LogP contribution in [0, 0.1) is 5.41 Å². The van der Waals surface area contributed by atoms with Gasteiger partial charge < -0.3 is 24.1 Å². The van der Waals surface area contributed by atoms with Crippen molar-refractivity contribution >= 4 is 5.97 Å². The number of carbonyl (C=O) groups is 1. The fraction of sp³-hybridized carbons (Fsp3) is 0.321. The monoisotopic (exact) mass is 464 g/mol. The van der Waals surface area contributed by atoms with E-state index in [1.165, 1.54) is 0 Å². The summed E-state index contributed by atoms with van der Waals surface area (Å²) in [6.45, 7) is 1.92. The van der Waals surface area contributed by atoms with Crippen LogP contribution >= 0.6 is 0 Å². The van der Waals surface area contributed by atoms with Gasteiger partial charge in [-0.05, 0) is 16.7 Å². The summed E-state index contributed by atoms with van der Waals surface area (Å²) in [6, 6.07) is 29.7. The summed E-state index contributed by atoms with van der Waals surface area (Å²) in [5, 5.41) is 9.07. The van der Waals surface area contributed by atoms with Crippen molar-refractivity contribution in [2.45, 2.75) is 19.8 Å². The van der Waals surface area contributed by atoms with E-state index in [1.54, 1.807) is 0 Å². The molecule has 0 heterocycles. The first kappa shape index (κ1) is 25.6. The van der Waals surface area contributed by atoms with Gasteiger partial charge in [0, 0.05) is 0 Å². The lowest BCUT2D eigenvalue weighted by Gasteiger charge is -2.33. The summed E-state index contributed by atoms with van der Waals surface area (Å²) in [7, 11) is 0. The average Bonchev–Trinajstić information content (AvgIpc) is 2.86. The maximum absolute atomic E-state index is 11.1. The van der Waals surface area contributed by atoms with Crippen LogP contribution in [-0.2, 0) is 43.6 Å². The second-order valence-electron chi connectivity index (χ2n) is 8.32. The summed E-state index contributed by atoms with van der Waals surface area (Å²) in [6.07, 6.45) is 0. The third-order valence-corrected chi connectivity index (χ3v) is 5.19. The number of benzene rings is 3. The summed E-state index contributed by atoms with van der Waals surface area (Å²) in [4.78, 5) is 11.1. The Bertz CT molecular complexity index is 835. The Morgan fingerprint density at radius 2 is 0.882 bits per heavy atom. The molecular formula is C28H32O6. The zero-order valence-electron chi connectivity index (χ0n) is 19.3. The lowest BCUT2D eigenvalue weighted by Crippen LogP contribution is -2.42. The third kappa shape index (κ3) is 9.45. The largest absolute Gasteiger partial charge is 0.480 e. The van der Waals surface area contributed by atoms with Crippen LogP contribution in [0.3, 0.4) is 0 Å². The molecule has 0 saturated carbocycles. The van der Waals surface area contributed by atoms with E-state index in [0.717, 1.165) is 16.7 Å². The van der Waals surface area contributed by atoms with Crippen molar-refractivity contribution in [3.63, 3.8) is 0 Å². The number of carboxylic acids is 1.